The topological polar surface area (TPSA) is 15.3 Å². The third-order valence-electron chi connectivity index (χ3n) is 3.15. The van der Waals surface area contributed by atoms with Crippen molar-refractivity contribution in [3.05, 3.63) is 0 Å². The number of nitrogens with zero attached hydrogens (tertiary/aromatic N) is 1. The molecule has 15 heavy (non-hydrogen) atoms. The first kappa shape index (κ1) is 13.3. The van der Waals surface area contributed by atoms with E-state index in [2.05, 4.69) is 42.7 Å². The largest absolute Gasteiger partial charge is 0.317 e. The minimum atomic E-state index is 0.741. The molecule has 0 spiro atoms. The van der Waals surface area contributed by atoms with Gasteiger partial charge in [0.25, 0.3) is 0 Å². The molecule has 2 nitrogen and oxygen atoms in total. The lowest BCUT2D eigenvalue weighted by Crippen LogP contribution is -2.46. The van der Waals surface area contributed by atoms with E-state index in [1.165, 1.54) is 37.4 Å². The van der Waals surface area contributed by atoms with Gasteiger partial charge in [-0.05, 0) is 39.8 Å². The van der Waals surface area contributed by atoms with Gasteiger partial charge < -0.3 is 5.32 Å². The molecule has 1 rings (SSSR count). The maximum Gasteiger partial charge on any atom is 0.0161 e. The summed E-state index contributed by atoms with van der Waals surface area (Å²) in [6.07, 6.45) is 2.53. The van der Waals surface area contributed by atoms with Crippen LogP contribution in [-0.4, -0.2) is 48.1 Å². The fraction of sp³-hybridized carbons (Fsp3) is 1.00. The highest BCUT2D eigenvalue weighted by atomic mass is 32.2. The Labute approximate surface area is 99.2 Å². The van der Waals surface area contributed by atoms with E-state index in [1.807, 2.05) is 0 Å². The Morgan fingerprint density at radius 3 is 2.93 bits per heavy atom. The molecule has 0 aliphatic carbocycles. The van der Waals surface area contributed by atoms with Crippen LogP contribution in [-0.2, 0) is 0 Å². The average Bonchev–Trinajstić information content (AvgIpc) is 2.25. The number of nitrogens with one attached hydrogen (secondary N) is 1. The van der Waals surface area contributed by atoms with Gasteiger partial charge in [0.1, 0.15) is 0 Å². The van der Waals surface area contributed by atoms with Gasteiger partial charge in [0, 0.05) is 30.1 Å². The zero-order valence-electron chi connectivity index (χ0n) is 10.5. The van der Waals surface area contributed by atoms with Crippen LogP contribution in [0.5, 0.6) is 0 Å². The molecule has 3 heteroatoms. The molecule has 0 aromatic carbocycles. The van der Waals surface area contributed by atoms with Gasteiger partial charge >= 0.3 is 0 Å². The number of hydrogen-bond acceptors (Lipinski definition) is 3. The van der Waals surface area contributed by atoms with Gasteiger partial charge in [0.15, 0.2) is 0 Å². The van der Waals surface area contributed by atoms with Crippen molar-refractivity contribution in [1.29, 1.82) is 0 Å². The van der Waals surface area contributed by atoms with E-state index in [4.69, 9.17) is 0 Å². The molecule has 1 aliphatic rings. The molecular weight excluding hydrogens is 204 g/mol. The van der Waals surface area contributed by atoms with E-state index < -0.39 is 0 Å². The predicted molar refractivity (Wildman–Crippen MR) is 70.7 cm³/mol. The van der Waals surface area contributed by atoms with Crippen LogP contribution in [0, 0.1) is 0 Å². The van der Waals surface area contributed by atoms with E-state index in [1.54, 1.807) is 0 Å². The third kappa shape index (κ3) is 4.75. The molecule has 0 radical (unpaired) electrons. The summed E-state index contributed by atoms with van der Waals surface area (Å²) in [5.41, 5.74) is 0. The summed E-state index contributed by atoms with van der Waals surface area (Å²) in [4.78, 5) is 2.67. The first-order valence-electron chi connectivity index (χ1n) is 6.30. The molecule has 90 valence electrons. The van der Waals surface area contributed by atoms with Gasteiger partial charge in [-0.15, -0.1) is 0 Å². The highest BCUT2D eigenvalue weighted by molar-refractivity contribution is 7.99. The highest BCUT2D eigenvalue weighted by Crippen LogP contribution is 2.19. The van der Waals surface area contributed by atoms with Crippen LogP contribution in [0.15, 0.2) is 0 Å². The highest BCUT2D eigenvalue weighted by Gasteiger charge is 2.22. The quantitative estimate of drug-likeness (QED) is 0.704. The molecule has 1 heterocycles. The van der Waals surface area contributed by atoms with Gasteiger partial charge in [0.05, 0.1) is 0 Å². The van der Waals surface area contributed by atoms with E-state index in [0.717, 1.165) is 18.6 Å². The van der Waals surface area contributed by atoms with Crippen LogP contribution in [0.2, 0.25) is 0 Å². The van der Waals surface area contributed by atoms with Gasteiger partial charge in [-0.1, -0.05) is 6.92 Å². The molecule has 0 aromatic heterocycles. The van der Waals surface area contributed by atoms with E-state index in [0.29, 0.717) is 0 Å². The summed E-state index contributed by atoms with van der Waals surface area (Å²) in [6, 6.07) is 1.51. The Kier molecular flexibility index (Phi) is 6.69. The number of thioether (sulfide) groups is 1. The van der Waals surface area contributed by atoms with Gasteiger partial charge in [-0.2, -0.15) is 11.8 Å². The molecule has 0 aromatic rings. The van der Waals surface area contributed by atoms with E-state index in [-0.39, 0.29) is 0 Å². The molecule has 0 saturated carbocycles. The summed E-state index contributed by atoms with van der Waals surface area (Å²) in [5, 5.41) is 3.49. The van der Waals surface area contributed by atoms with Crippen molar-refractivity contribution in [2.45, 2.75) is 45.7 Å². The van der Waals surface area contributed by atoms with Crippen molar-refractivity contribution in [3.63, 3.8) is 0 Å². The Morgan fingerprint density at radius 1 is 1.47 bits per heavy atom. The zero-order chi connectivity index (χ0) is 11.1. The fourth-order valence-corrected chi connectivity index (χ4v) is 3.21. The van der Waals surface area contributed by atoms with Crippen LogP contribution in [0.4, 0.5) is 0 Å². The standard InChI is InChI=1S/C12H26N2S/c1-4-6-13-7-5-11(2)14-8-9-15-10-12(14)3/h11-13H,4-10H2,1-3H3. The summed E-state index contributed by atoms with van der Waals surface area (Å²) in [6.45, 7) is 10.6. The predicted octanol–water partition coefficient (Wildman–Crippen LogP) is 2.20. The maximum atomic E-state index is 3.49. The maximum absolute atomic E-state index is 3.49. The normalized spacial score (nSPS) is 25.4. The minimum absolute atomic E-state index is 0.741. The SMILES string of the molecule is CCCNCCC(C)N1CCSCC1C. The van der Waals surface area contributed by atoms with Crippen molar-refractivity contribution in [3.8, 4) is 0 Å². The van der Waals surface area contributed by atoms with Gasteiger partial charge in [-0.25, -0.2) is 0 Å². The number of hydrogen-bond donors (Lipinski definition) is 1. The van der Waals surface area contributed by atoms with Crippen molar-refractivity contribution < 1.29 is 0 Å². The van der Waals surface area contributed by atoms with Crippen LogP contribution >= 0.6 is 11.8 Å². The Hall–Kier alpha value is 0.270. The lowest BCUT2D eigenvalue weighted by Gasteiger charge is -2.37. The molecule has 0 amide bonds. The van der Waals surface area contributed by atoms with E-state index in [9.17, 15) is 0 Å². The Bertz CT molecular complexity index is 164. The molecule has 1 saturated heterocycles. The van der Waals surface area contributed by atoms with Crippen molar-refractivity contribution in [2.24, 2.45) is 0 Å². The second-order valence-electron chi connectivity index (χ2n) is 4.55. The first-order valence-corrected chi connectivity index (χ1v) is 7.45. The smallest absolute Gasteiger partial charge is 0.0161 e. The molecule has 1 aliphatic heterocycles. The molecule has 1 fully saturated rings. The number of rotatable bonds is 6. The van der Waals surface area contributed by atoms with E-state index >= 15 is 0 Å². The Morgan fingerprint density at radius 2 is 2.27 bits per heavy atom. The molecule has 2 atom stereocenters. The van der Waals surface area contributed by atoms with Crippen LogP contribution in [0.25, 0.3) is 0 Å². The molecule has 0 bridgehead atoms. The molecular formula is C12H26N2S. The van der Waals surface area contributed by atoms with Crippen LogP contribution < -0.4 is 5.32 Å². The van der Waals surface area contributed by atoms with Gasteiger partial charge in [-0.3, -0.25) is 4.90 Å². The Balaban J connectivity index is 2.16. The summed E-state index contributed by atoms with van der Waals surface area (Å²) >= 11 is 2.10. The van der Waals surface area contributed by atoms with Crippen LogP contribution in [0.1, 0.15) is 33.6 Å². The van der Waals surface area contributed by atoms with Crippen LogP contribution in [0.3, 0.4) is 0 Å². The van der Waals surface area contributed by atoms with Crippen molar-refractivity contribution in [1.82, 2.24) is 10.2 Å². The second kappa shape index (κ2) is 7.53. The lowest BCUT2D eigenvalue weighted by molar-refractivity contribution is 0.164. The average molecular weight is 230 g/mol. The first-order chi connectivity index (χ1) is 7.25. The zero-order valence-corrected chi connectivity index (χ0v) is 11.3. The second-order valence-corrected chi connectivity index (χ2v) is 5.70. The van der Waals surface area contributed by atoms with Crippen molar-refractivity contribution >= 4 is 11.8 Å². The summed E-state index contributed by atoms with van der Waals surface area (Å²) in [5.74, 6) is 2.63. The summed E-state index contributed by atoms with van der Waals surface area (Å²) < 4.78 is 0. The van der Waals surface area contributed by atoms with Gasteiger partial charge in [0.2, 0.25) is 0 Å². The third-order valence-corrected chi connectivity index (χ3v) is 4.34. The molecule has 1 N–H and O–H groups in total. The van der Waals surface area contributed by atoms with Crippen molar-refractivity contribution in [2.75, 3.05) is 31.1 Å². The minimum Gasteiger partial charge on any atom is -0.317 e. The summed E-state index contributed by atoms with van der Waals surface area (Å²) in [7, 11) is 0. The fourth-order valence-electron chi connectivity index (χ4n) is 2.17. The monoisotopic (exact) mass is 230 g/mol. The lowest BCUT2D eigenvalue weighted by atomic mass is 10.1. The molecule has 2 unspecified atom stereocenters.